The molecule has 0 aromatic rings. The van der Waals surface area contributed by atoms with Gasteiger partial charge < -0.3 is 15.2 Å². The van der Waals surface area contributed by atoms with E-state index in [9.17, 15) is 4.79 Å². The van der Waals surface area contributed by atoms with Crippen LogP contribution < -0.4 is 5.32 Å². The van der Waals surface area contributed by atoms with Crippen molar-refractivity contribution in [2.24, 2.45) is 0 Å². The molecule has 0 saturated heterocycles. The van der Waals surface area contributed by atoms with Crippen LogP contribution in [-0.2, 0) is 9.53 Å². The van der Waals surface area contributed by atoms with E-state index in [0.29, 0.717) is 6.42 Å². The van der Waals surface area contributed by atoms with Crippen molar-refractivity contribution < 1.29 is 14.6 Å². The molecule has 0 aliphatic rings. The molecule has 0 heterocycles. The highest BCUT2D eigenvalue weighted by Crippen LogP contribution is 2.05. The fourth-order valence-corrected chi connectivity index (χ4v) is 2.02. The molecule has 1 atom stereocenters. The molecule has 4 nitrogen and oxygen atoms in total. The van der Waals surface area contributed by atoms with Crippen LogP contribution in [0.2, 0.25) is 0 Å². The van der Waals surface area contributed by atoms with E-state index in [1.165, 1.54) is 0 Å². The third-order valence-electron chi connectivity index (χ3n) is 1.82. The molecular weight excluding hydrogens is 214 g/mol. The van der Waals surface area contributed by atoms with E-state index in [4.69, 9.17) is 9.84 Å². The van der Waals surface area contributed by atoms with Crippen molar-refractivity contribution >= 4 is 17.7 Å². The maximum Gasteiger partial charge on any atom is 0.320 e. The number of carboxylic acids is 1. The summed E-state index contributed by atoms with van der Waals surface area (Å²) < 4.78 is 4.91. The third kappa shape index (κ3) is 8.72. The van der Waals surface area contributed by atoms with Crippen molar-refractivity contribution in [3.8, 4) is 0 Å². The predicted molar refractivity (Wildman–Crippen MR) is 63.5 cm³/mol. The second-order valence-corrected chi connectivity index (χ2v) is 4.83. The first-order chi connectivity index (χ1) is 7.07. The third-order valence-corrected chi connectivity index (χ3v) is 2.79. The van der Waals surface area contributed by atoms with E-state index in [0.717, 1.165) is 18.1 Å². The van der Waals surface area contributed by atoms with E-state index in [-0.39, 0.29) is 6.04 Å². The highest BCUT2D eigenvalue weighted by Gasteiger charge is 2.16. The van der Waals surface area contributed by atoms with Gasteiger partial charge in [-0.1, -0.05) is 13.8 Å². The second-order valence-electron chi connectivity index (χ2n) is 3.61. The fraction of sp³-hybridized carbons (Fsp3) is 0.900. The number of hydrogen-bond donors (Lipinski definition) is 2. The number of carboxylic acid groups (broad SMARTS) is 1. The molecule has 0 fully saturated rings. The lowest BCUT2D eigenvalue weighted by Gasteiger charge is -2.16. The minimum Gasteiger partial charge on any atom is -0.480 e. The molecular formula is C10H21NO3S. The number of carbonyl (C=O) groups is 1. The topological polar surface area (TPSA) is 58.6 Å². The molecule has 0 aromatic heterocycles. The Kier molecular flexibility index (Phi) is 8.85. The van der Waals surface area contributed by atoms with Gasteiger partial charge in [-0.05, 0) is 12.2 Å². The largest absolute Gasteiger partial charge is 0.480 e. The van der Waals surface area contributed by atoms with Gasteiger partial charge in [0.1, 0.15) is 6.04 Å². The summed E-state index contributed by atoms with van der Waals surface area (Å²) in [5.74, 6) is 1.00. The van der Waals surface area contributed by atoms with E-state index >= 15 is 0 Å². The number of rotatable bonds is 9. The van der Waals surface area contributed by atoms with Gasteiger partial charge in [0.05, 0.1) is 6.61 Å². The minimum atomic E-state index is -0.768. The molecule has 2 N–H and O–H groups in total. The average Bonchev–Trinajstić information content (AvgIpc) is 2.15. The number of aliphatic carboxylic acids is 1. The summed E-state index contributed by atoms with van der Waals surface area (Å²) in [7, 11) is 1.67. The Hall–Kier alpha value is -0.260. The Morgan fingerprint density at radius 3 is 2.60 bits per heavy atom. The predicted octanol–water partition coefficient (Wildman–Crippen LogP) is 1.21. The van der Waals surface area contributed by atoms with Crippen LogP contribution in [-0.4, -0.2) is 48.4 Å². The van der Waals surface area contributed by atoms with Gasteiger partial charge in [-0.2, -0.15) is 11.8 Å². The monoisotopic (exact) mass is 235 g/mol. The highest BCUT2D eigenvalue weighted by molar-refractivity contribution is 7.99. The first-order valence-corrected chi connectivity index (χ1v) is 6.29. The maximum absolute atomic E-state index is 10.9. The minimum absolute atomic E-state index is 0.204. The van der Waals surface area contributed by atoms with E-state index in [1.54, 1.807) is 18.9 Å². The Balaban J connectivity index is 3.62. The van der Waals surface area contributed by atoms with Gasteiger partial charge in [0, 0.05) is 18.9 Å². The number of thioether (sulfide) groups is 1. The molecule has 0 radical (unpaired) electrons. The Morgan fingerprint density at radius 2 is 2.13 bits per heavy atom. The van der Waals surface area contributed by atoms with Crippen LogP contribution in [0.4, 0.5) is 0 Å². The van der Waals surface area contributed by atoms with Crippen LogP contribution in [0.1, 0.15) is 20.3 Å². The van der Waals surface area contributed by atoms with Crippen molar-refractivity contribution in [3.63, 3.8) is 0 Å². The molecule has 0 amide bonds. The summed E-state index contributed by atoms with van der Waals surface area (Å²) in [5, 5.41) is 12.0. The molecule has 5 heteroatoms. The number of hydrogen-bond acceptors (Lipinski definition) is 4. The van der Waals surface area contributed by atoms with Gasteiger partial charge in [0.15, 0.2) is 0 Å². The number of ether oxygens (including phenoxy) is 1. The average molecular weight is 235 g/mol. The van der Waals surface area contributed by atoms with Gasteiger partial charge >= 0.3 is 5.97 Å². The van der Waals surface area contributed by atoms with Crippen LogP contribution in [0.3, 0.4) is 0 Å². The van der Waals surface area contributed by atoms with Crippen molar-refractivity contribution in [1.29, 1.82) is 0 Å². The smallest absolute Gasteiger partial charge is 0.320 e. The lowest BCUT2D eigenvalue weighted by Crippen LogP contribution is -2.41. The zero-order valence-electron chi connectivity index (χ0n) is 9.66. The van der Waals surface area contributed by atoms with Crippen LogP contribution in [0, 0.1) is 0 Å². The Morgan fingerprint density at radius 1 is 1.47 bits per heavy atom. The van der Waals surface area contributed by atoms with E-state index in [2.05, 4.69) is 5.32 Å². The molecule has 0 bridgehead atoms. The SMILES string of the molecule is COCCSCCC(NC(C)C)C(=O)O. The molecule has 0 spiro atoms. The summed E-state index contributed by atoms with van der Waals surface area (Å²) in [6.07, 6.45) is 0.655. The van der Waals surface area contributed by atoms with Gasteiger partial charge in [0.2, 0.25) is 0 Å². The van der Waals surface area contributed by atoms with Crippen molar-refractivity contribution in [1.82, 2.24) is 5.32 Å². The molecule has 0 aliphatic carbocycles. The number of methoxy groups -OCH3 is 1. The second kappa shape index (κ2) is 9.00. The maximum atomic E-state index is 10.9. The van der Waals surface area contributed by atoms with Crippen LogP contribution in [0.5, 0.6) is 0 Å². The molecule has 90 valence electrons. The molecule has 0 saturated carbocycles. The lowest BCUT2D eigenvalue weighted by atomic mass is 10.2. The van der Waals surface area contributed by atoms with Crippen LogP contribution in [0.15, 0.2) is 0 Å². The Labute approximate surface area is 95.8 Å². The summed E-state index contributed by atoms with van der Waals surface area (Å²) in [6, 6.07) is -0.227. The highest BCUT2D eigenvalue weighted by atomic mass is 32.2. The van der Waals surface area contributed by atoms with Gasteiger partial charge in [0.25, 0.3) is 0 Å². The molecule has 0 aliphatic heterocycles. The van der Waals surface area contributed by atoms with Gasteiger partial charge in [-0.3, -0.25) is 4.79 Å². The van der Waals surface area contributed by atoms with Crippen molar-refractivity contribution in [2.75, 3.05) is 25.2 Å². The summed E-state index contributed by atoms with van der Waals surface area (Å²) in [4.78, 5) is 10.9. The fourth-order valence-electron chi connectivity index (χ4n) is 1.13. The molecule has 0 aromatic carbocycles. The lowest BCUT2D eigenvalue weighted by molar-refractivity contribution is -0.139. The van der Waals surface area contributed by atoms with Crippen molar-refractivity contribution in [2.45, 2.75) is 32.4 Å². The normalized spacial score (nSPS) is 13.1. The first kappa shape index (κ1) is 14.7. The van der Waals surface area contributed by atoms with Crippen LogP contribution >= 0.6 is 11.8 Å². The standard InChI is InChI=1S/C10H21NO3S/c1-8(2)11-9(10(12)13)4-6-15-7-5-14-3/h8-9,11H,4-7H2,1-3H3,(H,12,13). The zero-order valence-corrected chi connectivity index (χ0v) is 10.5. The first-order valence-electron chi connectivity index (χ1n) is 5.13. The summed E-state index contributed by atoms with van der Waals surface area (Å²) in [6.45, 7) is 4.63. The summed E-state index contributed by atoms with van der Waals surface area (Å²) in [5.41, 5.74) is 0. The molecule has 0 rings (SSSR count). The van der Waals surface area contributed by atoms with E-state index < -0.39 is 12.0 Å². The zero-order chi connectivity index (χ0) is 11.7. The van der Waals surface area contributed by atoms with Crippen molar-refractivity contribution in [3.05, 3.63) is 0 Å². The Bertz CT molecular complexity index is 176. The van der Waals surface area contributed by atoms with Crippen LogP contribution in [0.25, 0.3) is 0 Å². The van der Waals surface area contributed by atoms with E-state index in [1.807, 2.05) is 13.8 Å². The summed E-state index contributed by atoms with van der Waals surface area (Å²) >= 11 is 1.72. The molecule has 1 unspecified atom stereocenters. The number of nitrogens with one attached hydrogen (secondary N) is 1. The quantitative estimate of drug-likeness (QED) is 0.588. The van der Waals surface area contributed by atoms with Gasteiger partial charge in [-0.15, -0.1) is 0 Å². The molecule has 15 heavy (non-hydrogen) atoms. The van der Waals surface area contributed by atoms with Gasteiger partial charge in [-0.25, -0.2) is 0 Å².